The van der Waals surface area contributed by atoms with Crippen molar-refractivity contribution in [3.63, 3.8) is 0 Å². The normalized spacial score (nSPS) is 16.0. The number of aromatic amines is 1. The van der Waals surface area contributed by atoms with Crippen molar-refractivity contribution >= 4 is 34.5 Å². The zero-order valence-corrected chi connectivity index (χ0v) is 22.1. The van der Waals surface area contributed by atoms with Crippen LogP contribution in [0.5, 0.6) is 5.88 Å². The van der Waals surface area contributed by atoms with Gasteiger partial charge in [0.1, 0.15) is 17.8 Å². The van der Waals surface area contributed by atoms with Crippen molar-refractivity contribution in [2.24, 2.45) is 0 Å². The molecule has 1 aliphatic heterocycles. The number of hydrogen-bond acceptors (Lipinski definition) is 6. The summed E-state index contributed by atoms with van der Waals surface area (Å²) in [6, 6.07) is 13.2. The fourth-order valence-electron chi connectivity index (χ4n) is 4.86. The van der Waals surface area contributed by atoms with Crippen LogP contribution in [0.3, 0.4) is 0 Å². The average Bonchev–Trinajstić information content (AvgIpc) is 3.32. The lowest BCUT2D eigenvalue weighted by molar-refractivity contribution is 0.121. The van der Waals surface area contributed by atoms with Crippen LogP contribution in [-0.4, -0.2) is 63.1 Å². The van der Waals surface area contributed by atoms with Gasteiger partial charge in [-0.2, -0.15) is 0 Å². The van der Waals surface area contributed by atoms with E-state index in [1.165, 1.54) is 0 Å². The average molecular weight is 520 g/mol. The molecule has 0 bridgehead atoms. The number of H-pyrrole nitrogens is 1. The molecule has 3 aromatic heterocycles. The van der Waals surface area contributed by atoms with Gasteiger partial charge >= 0.3 is 6.03 Å². The summed E-state index contributed by atoms with van der Waals surface area (Å²) in [5.74, 6) is 1.39. The number of pyridine rings is 1. The molecular weight excluding hydrogens is 490 g/mol. The van der Waals surface area contributed by atoms with Crippen molar-refractivity contribution in [3.8, 4) is 17.1 Å². The molecule has 192 valence electrons. The number of ether oxygens (including phenoxy) is 1. The number of halogens is 1. The van der Waals surface area contributed by atoms with E-state index < -0.39 is 5.54 Å². The fraction of sp³-hybridized carbons (Fsp3) is 0.333. The molecule has 1 atom stereocenters. The summed E-state index contributed by atoms with van der Waals surface area (Å²) in [6.45, 7) is 7.96. The van der Waals surface area contributed by atoms with Gasteiger partial charge in [0.2, 0.25) is 5.88 Å². The van der Waals surface area contributed by atoms with Crippen molar-refractivity contribution in [1.29, 1.82) is 0 Å². The zero-order valence-electron chi connectivity index (χ0n) is 21.3. The van der Waals surface area contributed by atoms with Crippen molar-refractivity contribution in [2.45, 2.75) is 32.4 Å². The van der Waals surface area contributed by atoms with Gasteiger partial charge < -0.3 is 24.8 Å². The fourth-order valence-corrected chi connectivity index (χ4v) is 5.06. The molecule has 37 heavy (non-hydrogen) atoms. The van der Waals surface area contributed by atoms with Gasteiger partial charge in [0.05, 0.1) is 24.1 Å². The molecule has 0 saturated carbocycles. The summed E-state index contributed by atoms with van der Waals surface area (Å²) in [5.41, 5.74) is 3.15. The summed E-state index contributed by atoms with van der Waals surface area (Å²) >= 11 is 6.14. The summed E-state index contributed by atoms with van der Waals surface area (Å²) in [6.07, 6.45) is 3.29. The first-order chi connectivity index (χ1) is 17.7. The first-order valence-corrected chi connectivity index (χ1v) is 12.6. The number of rotatable bonds is 5. The van der Waals surface area contributed by atoms with Crippen molar-refractivity contribution in [1.82, 2.24) is 30.2 Å². The third kappa shape index (κ3) is 5.04. The van der Waals surface area contributed by atoms with Gasteiger partial charge in [-0.15, -0.1) is 0 Å². The number of anilines is 1. The van der Waals surface area contributed by atoms with E-state index in [1.54, 1.807) is 19.6 Å². The Labute approximate surface area is 220 Å². The maximum absolute atomic E-state index is 13.3. The molecule has 10 heteroatoms. The second kappa shape index (κ2) is 9.89. The van der Waals surface area contributed by atoms with Crippen LogP contribution in [0.4, 0.5) is 10.6 Å². The Kier molecular flexibility index (Phi) is 6.64. The Morgan fingerprint density at radius 1 is 1.16 bits per heavy atom. The molecule has 1 saturated heterocycles. The summed E-state index contributed by atoms with van der Waals surface area (Å²) < 4.78 is 5.27. The molecule has 4 aromatic rings. The monoisotopic (exact) mass is 519 g/mol. The lowest BCUT2D eigenvalue weighted by Crippen LogP contribution is -2.63. The largest absolute Gasteiger partial charge is 0.481 e. The molecular formula is C27H30ClN7O2. The van der Waals surface area contributed by atoms with Gasteiger partial charge in [0.15, 0.2) is 0 Å². The van der Waals surface area contributed by atoms with Gasteiger partial charge in [0, 0.05) is 48.2 Å². The predicted octanol–water partition coefficient (Wildman–Crippen LogP) is 5.05. The summed E-state index contributed by atoms with van der Waals surface area (Å²) in [5, 5.41) is 4.71. The Bertz CT molecular complexity index is 1440. The molecule has 9 nitrogen and oxygen atoms in total. The van der Waals surface area contributed by atoms with Crippen LogP contribution in [0.25, 0.3) is 22.3 Å². The van der Waals surface area contributed by atoms with E-state index in [4.69, 9.17) is 16.3 Å². The highest BCUT2D eigenvalue weighted by atomic mass is 35.5. The third-order valence-electron chi connectivity index (χ3n) is 6.79. The van der Waals surface area contributed by atoms with Crippen molar-refractivity contribution in [2.75, 3.05) is 31.6 Å². The van der Waals surface area contributed by atoms with Crippen molar-refractivity contribution in [3.05, 3.63) is 65.6 Å². The minimum absolute atomic E-state index is 0.0967. The van der Waals surface area contributed by atoms with Crippen molar-refractivity contribution < 1.29 is 9.53 Å². The van der Waals surface area contributed by atoms with Gasteiger partial charge in [-0.25, -0.2) is 19.7 Å². The van der Waals surface area contributed by atoms with Gasteiger partial charge in [0.25, 0.3) is 0 Å². The number of piperazine rings is 1. The first kappa shape index (κ1) is 24.8. The topological polar surface area (TPSA) is 99.3 Å². The van der Waals surface area contributed by atoms with Crippen LogP contribution in [-0.2, 0) is 0 Å². The smallest absolute Gasteiger partial charge is 0.318 e. The van der Waals surface area contributed by atoms with Crippen LogP contribution in [0, 0.1) is 0 Å². The zero-order chi connectivity index (χ0) is 26.2. The minimum atomic E-state index is -0.425. The number of carbonyl (C=O) groups excluding carboxylic acids is 1. The molecule has 0 aliphatic carbocycles. The maximum Gasteiger partial charge on any atom is 0.318 e. The van der Waals surface area contributed by atoms with Crippen LogP contribution in [0.15, 0.2) is 55.0 Å². The Morgan fingerprint density at radius 2 is 2.00 bits per heavy atom. The standard InChI is InChI=1S/C27H30ClN7O2/c1-17(18-6-5-7-20(28)12-18)32-26(36)35-11-10-34(15-27(35,2)3)25-21-14-22(33-24(21)30-16-31-25)19-8-9-29-23(13-19)37-4/h5-9,12-14,16-17H,10-11,15H2,1-4H3,(H,32,36)(H,30,31,33). The molecule has 4 heterocycles. The number of fused-ring (bicyclic) bond motifs is 1. The number of nitrogens with one attached hydrogen (secondary N) is 2. The van der Waals surface area contributed by atoms with Gasteiger partial charge in [-0.1, -0.05) is 23.7 Å². The number of carbonyl (C=O) groups is 1. The molecule has 1 aromatic carbocycles. The number of hydrogen-bond donors (Lipinski definition) is 2. The molecule has 2 N–H and O–H groups in total. The predicted molar refractivity (Wildman–Crippen MR) is 145 cm³/mol. The lowest BCUT2D eigenvalue weighted by Gasteiger charge is -2.47. The van der Waals surface area contributed by atoms with E-state index in [0.717, 1.165) is 33.7 Å². The van der Waals surface area contributed by atoms with E-state index in [9.17, 15) is 4.79 Å². The molecule has 1 unspecified atom stereocenters. The quantitative estimate of drug-likeness (QED) is 0.382. The van der Waals surface area contributed by atoms with Crippen LogP contribution >= 0.6 is 11.6 Å². The summed E-state index contributed by atoms with van der Waals surface area (Å²) in [7, 11) is 1.60. The first-order valence-electron chi connectivity index (χ1n) is 12.2. The molecule has 5 rings (SSSR count). The molecule has 0 radical (unpaired) electrons. The van der Waals surface area contributed by atoms with Gasteiger partial charge in [-0.3, -0.25) is 0 Å². The molecule has 0 spiro atoms. The minimum Gasteiger partial charge on any atom is -0.481 e. The Balaban J connectivity index is 1.35. The molecule has 1 fully saturated rings. The second-order valence-corrected chi connectivity index (χ2v) is 10.3. The SMILES string of the molecule is COc1cc(-c2cc3c(N4CCN(C(=O)NC(C)c5cccc(Cl)c5)C(C)(C)C4)ncnc3[nH]2)ccn1. The number of methoxy groups -OCH3 is 1. The molecule has 1 aliphatic rings. The highest BCUT2D eigenvalue weighted by Gasteiger charge is 2.38. The number of aromatic nitrogens is 4. The van der Waals surface area contributed by atoms with E-state index >= 15 is 0 Å². The lowest BCUT2D eigenvalue weighted by atomic mass is 9.98. The van der Waals surface area contributed by atoms with Gasteiger partial charge in [-0.05, 0) is 50.6 Å². The van der Waals surface area contributed by atoms with E-state index in [0.29, 0.717) is 30.5 Å². The van der Waals surface area contributed by atoms with Crippen LogP contribution < -0.4 is 15.0 Å². The second-order valence-electron chi connectivity index (χ2n) is 9.84. The third-order valence-corrected chi connectivity index (χ3v) is 7.03. The Morgan fingerprint density at radius 3 is 2.76 bits per heavy atom. The van der Waals surface area contributed by atoms with E-state index in [-0.39, 0.29) is 12.1 Å². The van der Waals surface area contributed by atoms with Crippen LogP contribution in [0.1, 0.15) is 32.4 Å². The number of benzene rings is 1. The van der Waals surface area contributed by atoms with Crippen LogP contribution in [0.2, 0.25) is 5.02 Å². The van der Waals surface area contributed by atoms with E-state index in [1.807, 2.05) is 48.2 Å². The maximum atomic E-state index is 13.3. The number of urea groups is 1. The highest BCUT2D eigenvalue weighted by Crippen LogP contribution is 2.32. The molecule has 2 amide bonds. The van der Waals surface area contributed by atoms with E-state index in [2.05, 4.69) is 50.1 Å². The Hall–Kier alpha value is -3.85. The highest BCUT2D eigenvalue weighted by molar-refractivity contribution is 6.30. The number of nitrogens with zero attached hydrogens (tertiary/aromatic N) is 5. The number of amides is 2. The summed E-state index contributed by atoms with van der Waals surface area (Å²) in [4.78, 5) is 34.0.